The maximum atomic E-state index is 12.4. The molecule has 5 heteroatoms. The van der Waals surface area contributed by atoms with Crippen molar-refractivity contribution in [3.63, 3.8) is 0 Å². The number of nitrogens with one attached hydrogen (secondary N) is 1. The van der Waals surface area contributed by atoms with Crippen LogP contribution in [0, 0.1) is 13.8 Å². The van der Waals surface area contributed by atoms with E-state index in [2.05, 4.69) is 10.3 Å². The minimum absolute atomic E-state index is 0.0964. The van der Waals surface area contributed by atoms with Crippen LogP contribution in [-0.2, 0) is 11.2 Å². The maximum absolute atomic E-state index is 12.4. The van der Waals surface area contributed by atoms with Gasteiger partial charge in [-0.2, -0.15) is 0 Å². The average molecular weight is 309 g/mol. The Hall–Kier alpha value is -2.82. The van der Waals surface area contributed by atoms with E-state index in [4.69, 9.17) is 4.74 Å². The van der Waals surface area contributed by atoms with Gasteiger partial charge in [-0.1, -0.05) is 18.2 Å². The van der Waals surface area contributed by atoms with Crippen LogP contribution in [0.15, 0.2) is 42.6 Å². The van der Waals surface area contributed by atoms with Crippen LogP contribution in [0.3, 0.4) is 0 Å². The highest BCUT2D eigenvalue weighted by Crippen LogP contribution is 2.21. The topological polar surface area (TPSA) is 55.6 Å². The molecule has 1 N–H and O–H groups in total. The van der Waals surface area contributed by atoms with Gasteiger partial charge in [-0.05, 0) is 32.0 Å². The van der Waals surface area contributed by atoms with E-state index in [9.17, 15) is 4.79 Å². The van der Waals surface area contributed by atoms with Gasteiger partial charge in [0.2, 0.25) is 5.91 Å². The fraction of sp³-hybridized carbons (Fsp3) is 0.222. The number of aryl methyl sites for hydroxylation is 2. The highest BCUT2D eigenvalue weighted by molar-refractivity contribution is 5.95. The minimum Gasteiger partial charge on any atom is -0.496 e. The molecule has 1 amide bonds. The third kappa shape index (κ3) is 2.90. The molecule has 0 saturated carbocycles. The van der Waals surface area contributed by atoms with E-state index in [0.717, 1.165) is 22.6 Å². The van der Waals surface area contributed by atoms with E-state index >= 15 is 0 Å². The number of carbonyl (C=O) groups excluding carboxylic acids is 1. The molecule has 0 spiro atoms. The summed E-state index contributed by atoms with van der Waals surface area (Å²) in [4.78, 5) is 16.9. The van der Waals surface area contributed by atoms with Crippen molar-refractivity contribution in [1.82, 2.24) is 9.38 Å². The molecule has 23 heavy (non-hydrogen) atoms. The highest BCUT2D eigenvalue weighted by Gasteiger charge is 2.12. The summed E-state index contributed by atoms with van der Waals surface area (Å²) in [6.07, 6.45) is 2.20. The van der Waals surface area contributed by atoms with Gasteiger partial charge in [0.25, 0.3) is 0 Å². The third-order valence-corrected chi connectivity index (χ3v) is 3.94. The zero-order valence-electron chi connectivity index (χ0n) is 13.5. The molecule has 0 aliphatic heterocycles. The molecule has 0 bridgehead atoms. The summed E-state index contributed by atoms with van der Waals surface area (Å²) in [5, 5.41) is 2.95. The van der Waals surface area contributed by atoms with E-state index in [1.165, 1.54) is 0 Å². The molecule has 3 rings (SSSR count). The van der Waals surface area contributed by atoms with Crippen LogP contribution < -0.4 is 10.1 Å². The van der Waals surface area contributed by atoms with Crippen molar-refractivity contribution in [2.45, 2.75) is 20.3 Å². The quantitative estimate of drug-likeness (QED) is 0.805. The van der Waals surface area contributed by atoms with Crippen LogP contribution >= 0.6 is 0 Å². The monoisotopic (exact) mass is 309 g/mol. The predicted molar refractivity (Wildman–Crippen MR) is 90.0 cm³/mol. The zero-order valence-corrected chi connectivity index (χ0v) is 13.5. The van der Waals surface area contributed by atoms with Crippen LogP contribution in [0.1, 0.15) is 17.0 Å². The number of fused-ring (bicyclic) bond motifs is 1. The number of para-hydroxylation sites is 1. The van der Waals surface area contributed by atoms with Gasteiger partial charge in [0, 0.05) is 17.5 Å². The molecule has 0 aliphatic rings. The maximum Gasteiger partial charge on any atom is 0.229 e. The molecule has 0 radical (unpaired) electrons. The van der Waals surface area contributed by atoms with Crippen LogP contribution in [0.2, 0.25) is 0 Å². The predicted octanol–water partition coefficient (Wildman–Crippen LogP) is 3.14. The number of rotatable bonds is 4. The fourth-order valence-electron chi connectivity index (χ4n) is 2.61. The molecule has 0 saturated heterocycles. The second kappa shape index (κ2) is 6.12. The number of carbonyl (C=O) groups is 1. The first kappa shape index (κ1) is 15.1. The molecule has 118 valence electrons. The summed E-state index contributed by atoms with van der Waals surface area (Å²) >= 11 is 0. The van der Waals surface area contributed by atoms with Crippen LogP contribution in [0.5, 0.6) is 5.75 Å². The second-order valence-electron chi connectivity index (χ2n) is 5.43. The summed E-state index contributed by atoms with van der Waals surface area (Å²) in [7, 11) is 1.60. The zero-order chi connectivity index (χ0) is 16.4. The van der Waals surface area contributed by atoms with Crippen molar-refractivity contribution in [3.05, 3.63) is 59.5 Å². The van der Waals surface area contributed by atoms with Crippen molar-refractivity contribution in [3.8, 4) is 5.75 Å². The molecule has 0 atom stereocenters. The molecule has 2 aromatic heterocycles. The molecule has 5 nitrogen and oxygen atoms in total. The number of nitrogens with zero attached hydrogens (tertiary/aromatic N) is 2. The summed E-state index contributed by atoms with van der Waals surface area (Å²) in [5.41, 5.74) is 4.35. The first-order chi connectivity index (χ1) is 11.1. The standard InChI is InChI=1S/C18H19N3O2/c1-12-13(2)21-10-6-8-15(18(21)19-12)20-17(22)11-14-7-4-5-9-16(14)23-3/h4-10H,11H2,1-3H3,(H,20,22). The van der Waals surface area contributed by atoms with Gasteiger partial charge >= 0.3 is 0 Å². The Kier molecular flexibility index (Phi) is 4.02. The van der Waals surface area contributed by atoms with Crippen molar-refractivity contribution >= 4 is 17.2 Å². The minimum atomic E-state index is -0.0964. The summed E-state index contributed by atoms with van der Waals surface area (Å²) < 4.78 is 7.27. The van der Waals surface area contributed by atoms with Gasteiger partial charge in [0.05, 0.1) is 24.9 Å². The van der Waals surface area contributed by atoms with E-state index in [0.29, 0.717) is 11.4 Å². The normalized spacial score (nSPS) is 10.7. The SMILES string of the molecule is COc1ccccc1CC(=O)Nc1cccn2c(C)c(C)nc12. The Morgan fingerprint density at radius 2 is 2.00 bits per heavy atom. The lowest BCUT2D eigenvalue weighted by molar-refractivity contribution is -0.115. The van der Waals surface area contributed by atoms with E-state index in [1.807, 2.05) is 60.8 Å². The van der Waals surface area contributed by atoms with Crippen LogP contribution in [0.25, 0.3) is 5.65 Å². The third-order valence-electron chi connectivity index (χ3n) is 3.94. The highest BCUT2D eigenvalue weighted by atomic mass is 16.5. The lowest BCUT2D eigenvalue weighted by Crippen LogP contribution is -2.15. The average Bonchev–Trinajstić information content (AvgIpc) is 2.84. The van der Waals surface area contributed by atoms with Gasteiger partial charge in [-0.3, -0.25) is 4.79 Å². The molecular weight excluding hydrogens is 290 g/mol. The molecule has 3 aromatic rings. The molecule has 0 fully saturated rings. The van der Waals surface area contributed by atoms with Gasteiger partial charge in [-0.25, -0.2) is 4.98 Å². The molecular formula is C18H19N3O2. The number of amides is 1. The number of aromatic nitrogens is 2. The van der Waals surface area contributed by atoms with Gasteiger partial charge in [-0.15, -0.1) is 0 Å². The van der Waals surface area contributed by atoms with Gasteiger partial charge in [0.1, 0.15) is 5.75 Å². The number of benzene rings is 1. The van der Waals surface area contributed by atoms with Crippen LogP contribution in [-0.4, -0.2) is 22.4 Å². The number of methoxy groups -OCH3 is 1. The van der Waals surface area contributed by atoms with E-state index in [1.54, 1.807) is 7.11 Å². The van der Waals surface area contributed by atoms with Crippen molar-refractivity contribution in [1.29, 1.82) is 0 Å². The van der Waals surface area contributed by atoms with E-state index < -0.39 is 0 Å². The summed E-state index contributed by atoms with van der Waals surface area (Å²) in [5.74, 6) is 0.620. The number of anilines is 1. The van der Waals surface area contributed by atoms with Crippen molar-refractivity contribution in [2.75, 3.05) is 12.4 Å². The Morgan fingerprint density at radius 1 is 1.22 bits per heavy atom. The summed E-state index contributed by atoms with van der Waals surface area (Å²) in [6.45, 7) is 3.97. The number of imidazole rings is 1. The van der Waals surface area contributed by atoms with Crippen molar-refractivity contribution in [2.24, 2.45) is 0 Å². The molecule has 1 aromatic carbocycles. The lowest BCUT2D eigenvalue weighted by atomic mass is 10.1. The first-order valence-electron chi connectivity index (χ1n) is 7.46. The molecule has 0 aliphatic carbocycles. The Balaban J connectivity index is 1.85. The number of pyridine rings is 1. The number of hydrogen-bond donors (Lipinski definition) is 1. The molecule has 0 unspecified atom stereocenters. The Bertz CT molecular complexity index is 868. The number of ether oxygens (including phenoxy) is 1. The van der Waals surface area contributed by atoms with Gasteiger partial charge < -0.3 is 14.5 Å². The first-order valence-corrected chi connectivity index (χ1v) is 7.46. The fourth-order valence-corrected chi connectivity index (χ4v) is 2.61. The summed E-state index contributed by atoms with van der Waals surface area (Å²) in [6, 6.07) is 11.3. The van der Waals surface area contributed by atoms with Crippen molar-refractivity contribution < 1.29 is 9.53 Å². The Morgan fingerprint density at radius 3 is 2.78 bits per heavy atom. The smallest absolute Gasteiger partial charge is 0.229 e. The van der Waals surface area contributed by atoms with Crippen LogP contribution in [0.4, 0.5) is 5.69 Å². The lowest BCUT2D eigenvalue weighted by Gasteiger charge is -2.09. The number of hydrogen-bond acceptors (Lipinski definition) is 3. The largest absolute Gasteiger partial charge is 0.496 e. The second-order valence-corrected chi connectivity index (χ2v) is 5.43. The molecule has 2 heterocycles. The van der Waals surface area contributed by atoms with Gasteiger partial charge in [0.15, 0.2) is 5.65 Å². The van der Waals surface area contributed by atoms with E-state index in [-0.39, 0.29) is 12.3 Å². The Labute approximate surface area is 134 Å².